The van der Waals surface area contributed by atoms with Crippen LogP contribution in [0, 0.1) is 0 Å². The zero-order chi connectivity index (χ0) is 16.4. The van der Waals surface area contributed by atoms with Crippen molar-refractivity contribution in [3.05, 3.63) is 64.2 Å². The minimum absolute atomic E-state index is 0.0718. The number of benzene rings is 2. The lowest BCUT2D eigenvalue weighted by Gasteiger charge is -2.07. The van der Waals surface area contributed by atoms with Crippen molar-refractivity contribution in [3.63, 3.8) is 0 Å². The highest BCUT2D eigenvalue weighted by atomic mass is 32.2. The van der Waals surface area contributed by atoms with E-state index in [1.807, 2.05) is 6.07 Å². The van der Waals surface area contributed by atoms with Gasteiger partial charge in [0, 0.05) is 27.3 Å². The maximum atomic E-state index is 12.7. The van der Waals surface area contributed by atoms with Crippen molar-refractivity contribution in [3.8, 4) is 5.75 Å². The number of Topliss-reactive ketones (excluding diaryl/α,β-unsaturated/α-hetero) is 1. The van der Waals surface area contributed by atoms with Crippen LogP contribution in [0.4, 0.5) is 0 Å². The largest absolute Gasteiger partial charge is 0.497 e. The molecular weight excluding hydrogens is 312 g/mol. The summed E-state index contributed by atoms with van der Waals surface area (Å²) in [4.78, 5) is 28.0. The Hall–Kier alpha value is -2.69. The number of hydrogen-bond acceptors (Lipinski definition) is 4. The first-order valence-corrected chi connectivity index (χ1v) is 7.83. The van der Waals surface area contributed by atoms with Gasteiger partial charge < -0.3 is 10.3 Å². The molecule has 0 aromatic heterocycles. The minimum atomic E-state index is -0.410. The summed E-state index contributed by atoms with van der Waals surface area (Å²) in [6.45, 7) is 0. The second-order valence-electron chi connectivity index (χ2n) is 4.96. The summed E-state index contributed by atoms with van der Waals surface area (Å²) < 4.78 is 5.21. The van der Waals surface area contributed by atoms with Gasteiger partial charge in [-0.1, -0.05) is 0 Å². The van der Waals surface area contributed by atoms with Crippen molar-refractivity contribution in [2.75, 3.05) is 7.11 Å². The molecule has 0 bridgehead atoms. The third kappa shape index (κ3) is 2.82. The fourth-order valence-corrected chi connectivity index (χ4v) is 3.52. The summed E-state index contributed by atoms with van der Waals surface area (Å²) in [6, 6.07) is 10.3. The van der Waals surface area contributed by atoms with Gasteiger partial charge in [0.05, 0.1) is 7.11 Å². The van der Waals surface area contributed by atoms with Crippen LogP contribution in [-0.2, 0) is 5.75 Å². The SMILES string of the molecule is COc1ccc2c(c1)CSc1cc(C(=O)C=[N+]=[N-])ccc1C2=O. The van der Waals surface area contributed by atoms with Crippen molar-refractivity contribution in [2.45, 2.75) is 10.6 Å². The topological polar surface area (TPSA) is 79.8 Å². The van der Waals surface area contributed by atoms with Gasteiger partial charge in [-0.2, -0.15) is 4.79 Å². The summed E-state index contributed by atoms with van der Waals surface area (Å²) in [5.41, 5.74) is 11.0. The molecule has 3 rings (SSSR count). The summed E-state index contributed by atoms with van der Waals surface area (Å²) in [5, 5.41) is 0. The van der Waals surface area contributed by atoms with Crippen LogP contribution in [0.2, 0.25) is 0 Å². The number of methoxy groups -OCH3 is 1. The van der Waals surface area contributed by atoms with Crippen LogP contribution in [0.15, 0.2) is 41.3 Å². The number of ketones is 2. The van der Waals surface area contributed by atoms with Gasteiger partial charge in [-0.05, 0) is 42.0 Å². The summed E-state index contributed by atoms with van der Waals surface area (Å²) in [5.74, 6) is 0.833. The van der Waals surface area contributed by atoms with Crippen molar-refractivity contribution >= 4 is 29.5 Å². The third-order valence-corrected chi connectivity index (χ3v) is 4.73. The molecule has 0 radical (unpaired) electrons. The van der Waals surface area contributed by atoms with E-state index in [9.17, 15) is 9.59 Å². The molecule has 0 spiro atoms. The van der Waals surface area contributed by atoms with Crippen molar-refractivity contribution in [1.82, 2.24) is 0 Å². The molecule has 0 unspecified atom stereocenters. The van der Waals surface area contributed by atoms with Crippen molar-refractivity contribution < 1.29 is 19.1 Å². The second kappa shape index (κ2) is 6.20. The van der Waals surface area contributed by atoms with E-state index in [1.165, 1.54) is 11.8 Å². The molecule has 6 heteroatoms. The van der Waals surface area contributed by atoms with Gasteiger partial charge >= 0.3 is 6.21 Å². The summed E-state index contributed by atoms with van der Waals surface area (Å²) in [7, 11) is 1.59. The standard InChI is InChI=1S/C17H12N2O3S/c1-22-12-3-5-13-11(6-12)9-23-16-7-10(15(20)8-19-18)2-4-14(16)17(13)21/h2-8H,9H2,1H3. The molecule has 1 aliphatic rings. The lowest BCUT2D eigenvalue weighted by molar-refractivity contribution is 0.00234. The fourth-order valence-electron chi connectivity index (χ4n) is 2.45. The molecule has 0 amide bonds. The molecule has 1 aliphatic heterocycles. The van der Waals surface area contributed by atoms with E-state index < -0.39 is 5.78 Å². The Kier molecular flexibility index (Phi) is 4.10. The molecule has 0 fully saturated rings. The van der Waals surface area contributed by atoms with Gasteiger partial charge in [-0.3, -0.25) is 9.59 Å². The Morgan fingerprint density at radius 2 is 2.04 bits per heavy atom. The van der Waals surface area contributed by atoms with Gasteiger partial charge in [0.2, 0.25) is 0 Å². The van der Waals surface area contributed by atoms with Crippen molar-refractivity contribution in [1.29, 1.82) is 0 Å². The van der Waals surface area contributed by atoms with Crippen LogP contribution in [-0.4, -0.2) is 29.7 Å². The van der Waals surface area contributed by atoms with Crippen LogP contribution in [0.25, 0.3) is 5.53 Å². The number of nitrogens with zero attached hydrogens (tertiary/aromatic N) is 2. The monoisotopic (exact) mass is 324 g/mol. The molecule has 23 heavy (non-hydrogen) atoms. The van der Waals surface area contributed by atoms with E-state index in [0.29, 0.717) is 28.2 Å². The number of hydrogen-bond donors (Lipinski definition) is 0. The minimum Gasteiger partial charge on any atom is -0.497 e. The number of carbonyl (C=O) groups excluding carboxylic acids is 2. The molecule has 1 heterocycles. The highest BCUT2D eigenvalue weighted by Crippen LogP contribution is 2.35. The summed E-state index contributed by atoms with van der Waals surface area (Å²) >= 11 is 1.49. The first-order valence-electron chi connectivity index (χ1n) is 6.84. The molecule has 0 aliphatic carbocycles. The highest BCUT2D eigenvalue weighted by Gasteiger charge is 2.23. The smallest absolute Gasteiger partial charge is 0.328 e. The molecule has 114 valence electrons. The number of fused-ring (bicyclic) bond motifs is 2. The Balaban J connectivity index is 2.05. The lowest BCUT2D eigenvalue weighted by Crippen LogP contribution is -2.06. The van der Waals surface area contributed by atoms with E-state index in [1.54, 1.807) is 37.4 Å². The molecule has 2 aromatic carbocycles. The van der Waals surface area contributed by atoms with Gasteiger partial charge in [-0.25, -0.2) is 0 Å². The Morgan fingerprint density at radius 1 is 1.26 bits per heavy atom. The highest BCUT2D eigenvalue weighted by molar-refractivity contribution is 7.98. The average Bonchev–Trinajstić information content (AvgIpc) is 2.71. The average molecular weight is 324 g/mol. The maximum Gasteiger partial charge on any atom is 0.328 e. The normalized spacial score (nSPS) is 12.5. The van der Waals surface area contributed by atoms with E-state index >= 15 is 0 Å². The number of thioether (sulfide) groups is 1. The zero-order valence-electron chi connectivity index (χ0n) is 12.3. The van der Waals surface area contributed by atoms with Gasteiger partial charge in [0.25, 0.3) is 5.78 Å². The van der Waals surface area contributed by atoms with Crippen LogP contribution < -0.4 is 4.74 Å². The quantitative estimate of drug-likeness (QED) is 0.376. The van der Waals surface area contributed by atoms with Crippen LogP contribution in [0.3, 0.4) is 0 Å². The van der Waals surface area contributed by atoms with Crippen LogP contribution >= 0.6 is 11.8 Å². The molecule has 5 nitrogen and oxygen atoms in total. The van der Waals surface area contributed by atoms with Gasteiger partial charge in [0.1, 0.15) is 5.75 Å². The summed E-state index contributed by atoms with van der Waals surface area (Å²) in [6.07, 6.45) is 0.838. The Morgan fingerprint density at radius 3 is 2.78 bits per heavy atom. The van der Waals surface area contributed by atoms with E-state index in [0.717, 1.165) is 16.7 Å². The van der Waals surface area contributed by atoms with Gasteiger partial charge in [-0.15, -0.1) is 11.8 Å². The zero-order valence-corrected chi connectivity index (χ0v) is 13.1. The van der Waals surface area contributed by atoms with E-state index in [2.05, 4.69) is 4.79 Å². The van der Waals surface area contributed by atoms with Crippen LogP contribution in [0.5, 0.6) is 5.75 Å². The van der Waals surface area contributed by atoms with E-state index in [-0.39, 0.29) is 5.78 Å². The molecule has 0 saturated heterocycles. The van der Waals surface area contributed by atoms with Gasteiger partial charge in [0.15, 0.2) is 5.78 Å². The van der Waals surface area contributed by atoms with E-state index in [4.69, 9.17) is 10.3 Å². The molecule has 0 atom stereocenters. The lowest BCUT2D eigenvalue weighted by atomic mass is 9.97. The Bertz CT molecular complexity index is 870. The number of rotatable bonds is 3. The first-order chi connectivity index (χ1) is 11.1. The maximum absolute atomic E-state index is 12.7. The number of carbonyl (C=O) groups is 2. The number of ether oxygens (including phenoxy) is 1. The van der Waals surface area contributed by atoms with Crippen molar-refractivity contribution in [2.24, 2.45) is 0 Å². The molecule has 2 aromatic rings. The predicted octanol–water partition coefficient (Wildman–Crippen LogP) is 3.02. The second-order valence-corrected chi connectivity index (χ2v) is 5.98. The molecule has 0 saturated carbocycles. The van der Waals surface area contributed by atoms with Crippen LogP contribution in [0.1, 0.15) is 31.8 Å². The first kappa shape index (κ1) is 15.2. The Labute approximate surface area is 136 Å². The molecular formula is C17H12N2O3S. The predicted molar refractivity (Wildman–Crippen MR) is 86.4 cm³/mol. The third-order valence-electron chi connectivity index (χ3n) is 3.63. The molecule has 0 N–H and O–H groups in total. The fraction of sp³-hybridized carbons (Fsp3) is 0.118.